The van der Waals surface area contributed by atoms with Gasteiger partial charge in [0, 0.05) is 11.9 Å². The highest BCUT2D eigenvalue weighted by Crippen LogP contribution is 2.20. The lowest BCUT2D eigenvalue weighted by Crippen LogP contribution is -2.28. The van der Waals surface area contributed by atoms with Crippen molar-refractivity contribution in [2.45, 2.75) is 20.3 Å². The van der Waals surface area contributed by atoms with Gasteiger partial charge >= 0.3 is 0 Å². The van der Waals surface area contributed by atoms with Crippen LogP contribution in [0.4, 0.5) is 5.69 Å². The van der Waals surface area contributed by atoms with E-state index < -0.39 is 0 Å². The second-order valence-corrected chi connectivity index (χ2v) is 4.72. The first-order chi connectivity index (χ1) is 8.61. The van der Waals surface area contributed by atoms with E-state index in [0.29, 0.717) is 23.8 Å². The Morgan fingerprint density at radius 2 is 2.28 bits per heavy atom. The number of nitrogens with two attached hydrogens (primary N) is 1. The van der Waals surface area contributed by atoms with Crippen molar-refractivity contribution in [3.05, 3.63) is 30.0 Å². The fraction of sp³-hybridized carbons (Fsp3) is 0.357. The molecule has 4 nitrogen and oxygen atoms in total. The number of benzene rings is 1. The van der Waals surface area contributed by atoms with Crippen molar-refractivity contribution >= 4 is 22.5 Å². The summed E-state index contributed by atoms with van der Waals surface area (Å²) in [7, 11) is 0. The van der Waals surface area contributed by atoms with E-state index in [-0.39, 0.29) is 5.91 Å². The molecule has 1 aromatic heterocycles. The molecule has 1 amide bonds. The molecule has 0 aliphatic heterocycles. The number of hydrogen-bond donors (Lipinski definition) is 3. The van der Waals surface area contributed by atoms with Crippen molar-refractivity contribution in [1.82, 2.24) is 10.3 Å². The molecule has 0 radical (unpaired) electrons. The van der Waals surface area contributed by atoms with Gasteiger partial charge in [0.1, 0.15) is 5.69 Å². The maximum atomic E-state index is 12.0. The minimum atomic E-state index is -0.0779. The fourth-order valence-corrected chi connectivity index (χ4v) is 1.81. The minimum absolute atomic E-state index is 0.0779. The first kappa shape index (κ1) is 12.5. The molecule has 18 heavy (non-hydrogen) atoms. The third-order valence-corrected chi connectivity index (χ3v) is 3.24. The zero-order valence-corrected chi connectivity index (χ0v) is 10.8. The molecule has 0 aliphatic rings. The second-order valence-electron chi connectivity index (χ2n) is 4.72. The SMILES string of the molecule is CCC(C)CNC(=O)c1cc2cccc(N)c2[nH]1. The number of aromatic amines is 1. The Labute approximate surface area is 107 Å². The zero-order chi connectivity index (χ0) is 13.1. The van der Waals surface area contributed by atoms with E-state index in [0.717, 1.165) is 17.3 Å². The molecular formula is C14H19N3O. The summed E-state index contributed by atoms with van der Waals surface area (Å²) in [5, 5.41) is 3.88. The molecule has 1 unspecified atom stereocenters. The van der Waals surface area contributed by atoms with Gasteiger partial charge in [0.15, 0.2) is 0 Å². The van der Waals surface area contributed by atoms with Gasteiger partial charge in [-0.2, -0.15) is 0 Å². The van der Waals surface area contributed by atoms with Gasteiger partial charge in [-0.15, -0.1) is 0 Å². The number of H-pyrrole nitrogens is 1. The van der Waals surface area contributed by atoms with Crippen LogP contribution in [0.1, 0.15) is 30.8 Å². The number of rotatable bonds is 4. The molecule has 4 heteroatoms. The number of aromatic nitrogens is 1. The zero-order valence-electron chi connectivity index (χ0n) is 10.8. The number of hydrogen-bond acceptors (Lipinski definition) is 2. The van der Waals surface area contributed by atoms with Crippen LogP contribution in [0.2, 0.25) is 0 Å². The van der Waals surface area contributed by atoms with E-state index in [2.05, 4.69) is 24.1 Å². The number of nitrogens with one attached hydrogen (secondary N) is 2. The highest BCUT2D eigenvalue weighted by Gasteiger charge is 2.11. The average Bonchev–Trinajstić information content (AvgIpc) is 2.81. The predicted octanol–water partition coefficient (Wildman–Crippen LogP) is 2.53. The van der Waals surface area contributed by atoms with Crippen LogP contribution in [0, 0.1) is 5.92 Å². The molecular weight excluding hydrogens is 226 g/mol. The topological polar surface area (TPSA) is 70.9 Å². The van der Waals surface area contributed by atoms with Crippen LogP contribution in [-0.4, -0.2) is 17.4 Å². The number of fused-ring (bicyclic) bond motifs is 1. The Balaban J connectivity index is 2.16. The van der Waals surface area contributed by atoms with Gasteiger partial charge < -0.3 is 16.0 Å². The molecule has 0 saturated carbocycles. The van der Waals surface area contributed by atoms with Gasteiger partial charge in [0.25, 0.3) is 5.91 Å². The van der Waals surface area contributed by atoms with Crippen molar-refractivity contribution in [3.8, 4) is 0 Å². The van der Waals surface area contributed by atoms with Crippen LogP contribution in [0.25, 0.3) is 10.9 Å². The van der Waals surface area contributed by atoms with Crippen molar-refractivity contribution in [2.75, 3.05) is 12.3 Å². The summed E-state index contributed by atoms with van der Waals surface area (Å²) >= 11 is 0. The summed E-state index contributed by atoms with van der Waals surface area (Å²) in [5.41, 5.74) is 7.90. The number of carbonyl (C=O) groups is 1. The van der Waals surface area contributed by atoms with Gasteiger partial charge in [-0.3, -0.25) is 4.79 Å². The van der Waals surface area contributed by atoms with Crippen LogP contribution < -0.4 is 11.1 Å². The highest BCUT2D eigenvalue weighted by atomic mass is 16.1. The molecule has 1 aromatic carbocycles. The van der Waals surface area contributed by atoms with Gasteiger partial charge in [-0.05, 0) is 18.1 Å². The van der Waals surface area contributed by atoms with Crippen LogP contribution in [-0.2, 0) is 0 Å². The molecule has 1 atom stereocenters. The lowest BCUT2D eigenvalue weighted by atomic mass is 10.1. The Morgan fingerprint density at radius 3 is 2.94 bits per heavy atom. The first-order valence-corrected chi connectivity index (χ1v) is 6.27. The van der Waals surface area contributed by atoms with Gasteiger partial charge in [0.2, 0.25) is 0 Å². The van der Waals surface area contributed by atoms with E-state index in [9.17, 15) is 4.79 Å². The van der Waals surface area contributed by atoms with Gasteiger partial charge in [0.05, 0.1) is 11.2 Å². The highest BCUT2D eigenvalue weighted by molar-refractivity contribution is 6.00. The summed E-state index contributed by atoms with van der Waals surface area (Å²) < 4.78 is 0. The molecule has 96 valence electrons. The molecule has 0 fully saturated rings. The maximum Gasteiger partial charge on any atom is 0.267 e. The number of para-hydroxylation sites is 1. The largest absolute Gasteiger partial charge is 0.397 e. The van der Waals surface area contributed by atoms with E-state index in [1.54, 1.807) is 0 Å². The van der Waals surface area contributed by atoms with Crippen LogP contribution in [0.5, 0.6) is 0 Å². The lowest BCUT2D eigenvalue weighted by molar-refractivity contribution is 0.0943. The summed E-state index contributed by atoms with van der Waals surface area (Å²) in [6.45, 7) is 4.92. The van der Waals surface area contributed by atoms with Gasteiger partial charge in [-0.25, -0.2) is 0 Å². The third-order valence-electron chi connectivity index (χ3n) is 3.24. The fourth-order valence-electron chi connectivity index (χ4n) is 1.81. The van der Waals surface area contributed by atoms with Crippen LogP contribution >= 0.6 is 0 Å². The predicted molar refractivity (Wildman–Crippen MR) is 74.5 cm³/mol. The van der Waals surface area contributed by atoms with Crippen molar-refractivity contribution in [1.29, 1.82) is 0 Å². The average molecular weight is 245 g/mol. The quantitative estimate of drug-likeness (QED) is 0.724. The van der Waals surface area contributed by atoms with Crippen LogP contribution in [0.15, 0.2) is 24.3 Å². The van der Waals surface area contributed by atoms with E-state index >= 15 is 0 Å². The Hall–Kier alpha value is -1.97. The summed E-state index contributed by atoms with van der Waals surface area (Å²) in [6.07, 6.45) is 1.06. The number of amides is 1. The van der Waals surface area contributed by atoms with Gasteiger partial charge in [-0.1, -0.05) is 32.4 Å². The normalized spacial score (nSPS) is 12.6. The first-order valence-electron chi connectivity index (χ1n) is 6.27. The van der Waals surface area contributed by atoms with E-state index in [4.69, 9.17) is 5.73 Å². The summed E-state index contributed by atoms with van der Waals surface area (Å²) in [5.74, 6) is 0.411. The van der Waals surface area contributed by atoms with E-state index in [1.807, 2.05) is 24.3 Å². The maximum absolute atomic E-state index is 12.0. The van der Waals surface area contributed by atoms with Crippen molar-refractivity contribution in [2.24, 2.45) is 5.92 Å². The number of anilines is 1. The number of nitrogen functional groups attached to an aromatic ring is 1. The van der Waals surface area contributed by atoms with Crippen LogP contribution in [0.3, 0.4) is 0 Å². The monoisotopic (exact) mass is 245 g/mol. The second kappa shape index (κ2) is 5.12. The minimum Gasteiger partial charge on any atom is -0.397 e. The molecule has 1 heterocycles. The molecule has 2 aromatic rings. The lowest BCUT2D eigenvalue weighted by Gasteiger charge is -2.08. The van der Waals surface area contributed by atoms with Crippen molar-refractivity contribution < 1.29 is 4.79 Å². The number of carbonyl (C=O) groups excluding carboxylic acids is 1. The molecule has 0 spiro atoms. The third kappa shape index (κ3) is 2.47. The molecule has 0 bridgehead atoms. The smallest absolute Gasteiger partial charge is 0.267 e. The van der Waals surface area contributed by atoms with E-state index in [1.165, 1.54) is 0 Å². The summed E-state index contributed by atoms with van der Waals surface area (Å²) in [4.78, 5) is 15.0. The molecule has 0 aliphatic carbocycles. The molecule has 2 rings (SSSR count). The molecule has 0 saturated heterocycles. The summed E-state index contributed by atoms with van der Waals surface area (Å²) in [6, 6.07) is 7.47. The Bertz CT molecular complexity index is 559. The molecule has 4 N–H and O–H groups in total. The standard InChI is InChI=1S/C14H19N3O/c1-3-9(2)8-16-14(18)12-7-10-5-4-6-11(15)13(10)17-12/h4-7,9,17H,3,8,15H2,1-2H3,(H,16,18). The Kier molecular flexibility index (Phi) is 3.55. The Morgan fingerprint density at radius 1 is 1.50 bits per heavy atom. The van der Waals surface area contributed by atoms with Crippen molar-refractivity contribution in [3.63, 3.8) is 0 Å².